The molecule has 94 valence electrons. The summed E-state index contributed by atoms with van der Waals surface area (Å²) in [5.74, 6) is 0. The third-order valence-electron chi connectivity index (χ3n) is 3.07. The molecule has 1 N–H and O–H groups in total. The summed E-state index contributed by atoms with van der Waals surface area (Å²) in [5.41, 5.74) is 0. The number of rotatable bonds is 4. The maximum absolute atomic E-state index is 12.3. The van der Waals surface area contributed by atoms with Gasteiger partial charge in [0.2, 0.25) is 0 Å². The molecule has 0 unspecified atom stereocenters. The summed E-state index contributed by atoms with van der Waals surface area (Å²) in [5, 5.41) is 3.10. The van der Waals surface area contributed by atoms with E-state index in [2.05, 4.69) is 5.32 Å². The van der Waals surface area contributed by atoms with Crippen molar-refractivity contribution in [2.24, 2.45) is 0 Å². The standard InChI is InChI=1S/C9H19N3O3S/c1-2-12(9-7-10-8-9)16(13,14)11-3-5-15-6-4-11/h9-10H,2-8H2,1H3. The largest absolute Gasteiger partial charge is 0.379 e. The summed E-state index contributed by atoms with van der Waals surface area (Å²) in [6.45, 7) is 5.88. The van der Waals surface area contributed by atoms with E-state index in [0.29, 0.717) is 32.8 Å². The van der Waals surface area contributed by atoms with E-state index < -0.39 is 10.2 Å². The Morgan fingerprint density at radius 3 is 2.44 bits per heavy atom. The van der Waals surface area contributed by atoms with Crippen molar-refractivity contribution < 1.29 is 13.2 Å². The smallest absolute Gasteiger partial charge is 0.282 e. The zero-order chi connectivity index (χ0) is 11.6. The lowest BCUT2D eigenvalue weighted by atomic mass is 10.2. The molecule has 2 aliphatic heterocycles. The van der Waals surface area contributed by atoms with Gasteiger partial charge in [0.15, 0.2) is 0 Å². The third kappa shape index (κ3) is 2.23. The lowest BCUT2D eigenvalue weighted by molar-refractivity contribution is 0.0684. The zero-order valence-corrected chi connectivity index (χ0v) is 10.4. The van der Waals surface area contributed by atoms with Crippen molar-refractivity contribution in [1.29, 1.82) is 0 Å². The van der Waals surface area contributed by atoms with Gasteiger partial charge in [-0.05, 0) is 0 Å². The Morgan fingerprint density at radius 2 is 2.00 bits per heavy atom. The minimum Gasteiger partial charge on any atom is -0.379 e. The second-order valence-corrected chi connectivity index (χ2v) is 5.92. The van der Waals surface area contributed by atoms with E-state index in [1.165, 1.54) is 4.31 Å². The molecule has 0 aromatic rings. The van der Waals surface area contributed by atoms with Gasteiger partial charge < -0.3 is 10.1 Å². The summed E-state index contributed by atoms with van der Waals surface area (Å²) in [6.07, 6.45) is 0. The molecule has 2 saturated heterocycles. The van der Waals surface area contributed by atoms with Crippen LogP contribution in [-0.2, 0) is 14.9 Å². The predicted octanol–water partition coefficient (Wildman–Crippen LogP) is -1.14. The molecule has 0 bridgehead atoms. The third-order valence-corrected chi connectivity index (χ3v) is 5.24. The van der Waals surface area contributed by atoms with Gasteiger partial charge in [-0.3, -0.25) is 0 Å². The number of likely N-dealkylation sites (N-methyl/N-ethyl adjacent to an activating group) is 1. The van der Waals surface area contributed by atoms with Crippen LogP contribution in [0.1, 0.15) is 6.92 Å². The second kappa shape index (κ2) is 4.97. The first-order valence-electron chi connectivity index (χ1n) is 5.71. The van der Waals surface area contributed by atoms with Crippen molar-refractivity contribution in [3.63, 3.8) is 0 Å². The molecule has 2 fully saturated rings. The average Bonchev–Trinajstić information content (AvgIpc) is 2.24. The Balaban J connectivity index is 2.08. The molecule has 7 heteroatoms. The molecule has 2 aliphatic rings. The minimum absolute atomic E-state index is 0.123. The van der Waals surface area contributed by atoms with E-state index >= 15 is 0 Å². The fourth-order valence-electron chi connectivity index (χ4n) is 2.01. The van der Waals surface area contributed by atoms with Crippen LogP contribution in [0.2, 0.25) is 0 Å². The van der Waals surface area contributed by atoms with Gasteiger partial charge in [0.1, 0.15) is 0 Å². The molecule has 0 aromatic carbocycles. The minimum atomic E-state index is -3.29. The van der Waals surface area contributed by atoms with Crippen LogP contribution in [0, 0.1) is 0 Å². The molecule has 2 rings (SSSR count). The Morgan fingerprint density at radius 1 is 1.38 bits per heavy atom. The summed E-state index contributed by atoms with van der Waals surface area (Å²) in [7, 11) is -3.29. The normalized spacial score (nSPS) is 24.6. The highest BCUT2D eigenvalue weighted by atomic mass is 32.2. The summed E-state index contributed by atoms with van der Waals surface area (Å²) in [4.78, 5) is 0. The second-order valence-electron chi connectivity index (χ2n) is 4.03. The van der Waals surface area contributed by atoms with Crippen LogP contribution in [0.5, 0.6) is 0 Å². The van der Waals surface area contributed by atoms with Crippen LogP contribution in [0.15, 0.2) is 0 Å². The molecule has 0 saturated carbocycles. The van der Waals surface area contributed by atoms with Gasteiger partial charge in [-0.25, -0.2) is 0 Å². The van der Waals surface area contributed by atoms with E-state index in [-0.39, 0.29) is 6.04 Å². The van der Waals surface area contributed by atoms with Crippen LogP contribution < -0.4 is 5.32 Å². The molecule has 0 spiro atoms. The first-order valence-corrected chi connectivity index (χ1v) is 7.11. The van der Waals surface area contributed by atoms with E-state index in [1.807, 2.05) is 6.92 Å². The average molecular weight is 249 g/mol. The molecule has 0 aliphatic carbocycles. The predicted molar refractivity (Wildman–Crippen MR) is 60.3 cm³/mol. The van der Waals surface area contributed by atoms with Crippen molar-refractivity contribution >= 4 is 10.2 Å². The maximum atomic E-state index is 12.3. The van der Waals surface area contributed by atoms with Crippen molar-refractivity contribution in [3.8, 4) is 0 Å². The highest BCUT2D eigenvalue weighted by Crippen LogP contribution is 2.16. The molecule has 0 amide bonds. The Hall–Kier alpha value is -0.210. The molecule has 16 heavy (non-hydrogen) atoms. The molecular formula is C9H19N3O3S. The highest BCUT2D eigenvalue weighted by Gasteiger charge is 2.36. The number of hydrogen-bond donors (Lipinski definition) is 1. The zero-order valence-electron chi connectivity index (χ0n) is 9.55. The Kier molecular flexibility index (Phi) is 3.81. The highest BCUT2D eigenvalue weighted by molar-refractivity contribution is 7.86. The number of ether oxygens (including phenoxy) is 1. The van der Waals surface area contributed by atoms with Gasteiger partial charge in [-0.1, -0.05) is 6.92 Å². The fraction of sp³-hybridized carbons (Fsp3) is 1.00. The van der Waals surface area contributed by atoms with Crippen LogP contribution in [0.4, 0.5) is 0 Å². The van der Waals surface area contributed by atoms with E-state index in [0.717, 1.165) is 13.1 Å². The van der Waals surface area contributed by atoms with Crippen molar-refractivity contribution in [2.75, 3.05) is 45.9 Å². The molecule has 0 atom stereocenters. The molecule has 0 radical (unpaired) electrons. The Labute approximate surface area is 96.7 Å². The SMILES string of the molecule is CCN(C1CNC1)S(=O)(=O)N1CCOCC1. The summed E-state index contributed by atoms with van der Waals surface area (Å²) >= 11 is 0. The van der Waals surface area contributed by atoms with Gasteiger partial charge in [0.25, 0.3) is 10.2 Å². The first-order chi connectivity index (χ1) is 7.66. The number of hydrogen-bond acceptors (Lipinski definition) is 4. The fourth-order valence-corrected chi connectivity index (χ4v) is 3.77. The van der Waals surface area contributed by atoms with Crippen LogP contribution in [0.25, 0.3) is 0 Å². The summed E-state index contributed by atoms with van der Waals surface area (Å²) < 4.78 is 32.9. The summed E-state index contributed by atoms with van der Waals surface area (Å²) in [6, 6.07) is 0.123. The van der Waals surface area contributed by atoms with Gasteiger partial charge in [0.05, 0.1) is 19.3 Å². The van der Waals surface area contributed by atoms with Crippen molar-refractivity contribution in [2.45, 2.75) is 13.0 Å². The topological polar surface area (TPSA) is 61.9 Å². The van der Waals surface area contributed by atoms with Gasteiger partial charge >= 0.3 is 0 Å². The lowest BCUT2D eigenvalue weighted by Crippen LogP contribution is -2.61. The number of morpholine rings is 1. The number of nitrogens with one attached hydrogen (secondary N) is 1. The molecule has 0 aromatic heterocycles. The number of nitrogens with zero attached hydrogens (tertiary/aromatic N) is 2. The van der Waals surface area contributed by atoms with Crippen LogP contribution >= 0.6 is 0 Å². The van der Waals surface area contributed by atoms with E-state index in [9.17, 15) is 8.42 Å². The maximum Gasteiger partial charge on any atom is 0.282 e. The van der Waals surface area contributed by atoms with E-state index in [1.54, 1.807) is 4.31 Å². The van der Waals surface area contributed by atoms with Gasteiger partial charge in [-0.15, -0.1) is 0 Å². The van der Waals surface area contributed by atoms with Crippen molar-refractivity contribution in [1.82, 2.24) is 13.9 Å². The lowest BCUT2D eigenvalue weighted by Gasteiger charge is -2.40. The van der Waals surface area contributed by atoms with E-state index in [4.69, 9.17) is 4.74 Å². The monoisotopic (exact) mass is 249 g/mol. The molecular weight excluding hydrogens is 230 g/mol. The molecule has 6 nitrogen and oxygen atoms in total. The Bertz CT molecular complexity index is 323. The van der Waals surface area contributed by atoms with Gasteiger partial charge in [0, 0.05) is 32.7 Å². The van der Waals surface area contributed by atoms with Gasteiger partial charge in [-0.2, -0.15) is 17.0 Å². The quantitative estimate of drug-likeness (QED) is 0.684. The molecule has 2 heterocycles. The van der Waals surface area contributed by atoms with Crippen LogP contribution in [-0.4, -0.2) is 69.0 Å². The van der Waals surface area contributed by atoms with Crippen molar-refractivity contribution in [3.05, 3.63) is 0 Å². The van der Waals surface area contributed by atoms with Crippen LogP contribution in [0.3, 0.4) is 0 Å². The first kappa shape index (κ1) is 12.3.